The SMILES string of the molecule is Cc1ccc(S(=O)(=O)N2CCCc3ccc([N+](=O)[O-])cc32)cc1C. The van der Waals surface area contributed by atoms with E-state index in [4.69, 9.17) is 0 Å². The Balaban J connectivity index is 2.12. The Kier molecular flexibility index (Phi) is 4.04. The van der Waals surface area contributed by atoms with Crippen molar-refractivity contribution < 1.29 is 13.3 Å². The van der Waals surface area contributed by atoms with Gasteiger partial charge in [0.05, 0.1) is 15.5 Å². The molecule has 0 N–H and O–H groups in total. The number of nitro benzene ring substituents is 1. The molecule has 0 aliphatic carbocycles. The van der Waals surface area contributed by atoms with Gasteiger partial charge in [-0.3, -0.25) is 14.4 Å². The van der Waals surface area contributed by atoms with Crippen LogP contribution in [-0.2, 0) is 16.4 Å². The number of hydrogen-bond acceptors (Lipinski definition) is 4. The van der Waals surface area contributed by atoms with Crippen LogP contribution in [-0.4, -0.2) is 19.9 Å². The molecule has 126 valence electrons. The number of nitro groups is 1. The lowest BCUT2D eigenvalue weighted by Crippen LogP contribution is -2.35. The van der Waals surface area contributed by atoms with Gasteiger partial charge in [-0.05, 0) is 55.5 Å². The van der Waals surface area contributed by atoms with Crippen molar-refractivity contribution in [1.29, 1.82) is 0 Å². The molecule has 0 bridgehead atoms. The Hall–Kier alpha value is -2.41. The molecule has 0 amide bonds. The van der Waals surface area contributed by atoms with Gasteiger partial charge in [0, 0.05) is 18.7 Å². The van der Waals surface area contributed by atoms with Gasteiger partial charge in [-0.2, -0.15) is 0 Å². The fourth-order valence-electron chi connectivity index (χ4n) is 2.89. The molecule has 0 fully saturated rings. The van der Waals surface area contributed by atoms with E-state index in [1.165, 1.54) is 16.4 Å². The van der Waals surface area contributed by atoms with Gasteiger partial charge in [0.25, 0.3) is 15.7 Å². The zero-order chi connectivity index (χ0) is 17.5. The van der Waals surface area contributed by atoms with Crippen LogP contribution in [0.25, 0.3) is 0 Å². The Morgan fingerprint density at radius 2 is 1.83 bits per heavy atom. The summed E-state index contributed by atoms with van der Waals surface area (Å²) in [6.07, 6.45) is 1.40. The molecule has 0 radical (unpaired) electrons. The molecule has 7 heteroatoms. The molecule has 0 unspecified atom stereocenters. The first-order valence-corrected chi connectivity index (χ1v) is 9.12. The van der Waals surface area contributed by atoms with E-state index in [9.17, 15) is 18.5 Å². The minimum atomic E-state index is -3.75. The predicted octanol–water partition coefficient (Wildman–Crippen LogP) is 3.35. The van der Waals surface area contributed by atoms with Crippen LogP contribution in [0, 0.1) is 24.0 Å². The molecule has 2 aromatic rings. The maximum absolute atomic E-state index is 13.1. The number of rotatable bonds is 3. The molecule has 0 saturated heterocycles. The van der Waals surface area contributed by atoms with Crippen molar-refractivity contribution in [2.24, 2.45) is 0 Å². The Morgan fingerprint density at radius 1 is 1.08 bits per heavy atom. The van der Waals surface area contributed by atoms with Gasteiger partial charge in [-0.25, -0.2) is 8.42 Å². The number of sulfonamides is 1. The van der Waals surface area contributed by atoms with E-state index in [1.54, 1.807) is 24.3 Å². The summed E-state index contributed by atoms with van der Waals surface area (Å²) < 4.78 is 27.4. The van der Waals surface area contributed by atoms with Crippen molar-refractivity contribution in [3.05, 3.63) is 63.2 Å². The second-order valence-corrected chi connectivity index (χ2v) is 7.86. The Bertz CT molecular complexity index is 922. The summed E-state index contributed by atoms with van der Waals surface area (Å²) in [5, 5.41) is 11.0. The lowest BCUT2D eigenvalue weighted by atomic mass is 10.0. The summed E-state index contributed by atoms with van der Waals surface area (Å²) in [6, 6.07) is 9.44. The number of fused-ring (bicyclic) bond motifs is 1. The molecule has 0 saturated carbocycles. The van der Waals surface area contributed by atoms with Crippen LogP contribution in [0.5, 0.6) is 0 Å². The fourth-order valence-corrected chi connectivity index (χ4v) is 4.51. The molecule has 2 aromatic carbocycles. The lowest BCUT2D eigenvalue weighted by molar-refractivity contribution is -0.384. The van der Waals surface area contributed by atoms with Gasteiger partial charge < -0.3 is 0 Å². The first kappa shape index (κ1) is 16.4. The molecular weight excluding hydrogens is 328 g/mol. The van der Waals surface area contributed by atoms with E-state index in [-0.39, 0.29) is 10.6 Å². The van der Waals surface area contributed by atoms with Crippen molar-refractivity contribution in [2.45, 2.75) is 31.6 Å². The third-order valence-corrected chi connectivity index (χ3v) is 6.23. The second-order valence-electron chi connectivity index (χ2n) is 6.00. The summed E-state index contributed by atoms with van der Waals surface area (Å²) in [5.74, 6) is 0. The molecule has 0 atom stereocenters. The maximum Gasteiger partial charge on any atom is 0.271 e. The molecule has 0 spiro atoms. The summed E-state index contributed by atoms with van der Waals surface area (Å²) >= 11 is 0. The van der Waals surface area contributed by atoms with Crippen molar-refractivity contribution in [2.75, 3.05) is 10.8 Å². The highest BCUT2D eigenvalue weighted by molar-refractivity contribution is 7.92. The largest absolute Gasteiger partial charge is 0.271 e. The van der Waals surface area contributed by atoms with Crippen LogP contribution in [0.2, 0.25) is 0 Å². The summed E-state index contributed by atoms with van der Waals surface area (Å²) in [7, 11) is -3.75. The molecule has 3 rings (SSSR count). The maximum atomic E-state index is 13.1. The van der Waals surface area contributed by atoms with E-state index < -0.39 is 14.9 Å². The third kappa shape index (κ3) is 2.75. The molecular formula is C17H18N2O4S. The molecule has 1 aliphatic heterocycles. The first-order chi connectivity index (χ1) is 11.3. The van der Waals surface area contributed by atoms with Gasteiger partial charge in [-0.1, -0.05) is 12.1 Å². The number of hydrogen-bond donors (Lipinski definition) is 0. The molecule has 0 aromatic heterocycles. The highest BCUT2D eigenvalue weighted by atomic mass is 32.2. The van der Waals surface area contributed by atoms with E-state index in [0.717, 1.165) is 16.7 Å². The fraction of sp³-hybridized carbons (Fsp3) is 0.294. The van der Waals surface area contributed by atoms with E-state index in [1.807, 2.05) is 13.8 Å². The van der Waals surface area contributed by atoms with Gasteiger partial charge in [0.15, 0.2) is 0 Å². The number of non-ortho nitro benzene ring substituents is 1. The van der Waals surface area contributed by atoms with Crippen LogP contribution in [0.15, 0.2) is 41.3 Å². The highest BCUT2D eigenvalue weighted by Crippen LogP contribution is 2.34. The second kappa shape index (κ2) is 5.90. The molecule has 1 heterocycles. The van der Waals surface area contributed by atoms with Gasteiger partial charge in [0.1, 0.15) is 0 Å². The minimum absolute atomic E-state index is 0.101. The van der Waals surface area contributed by atoms with Gasteiger partial charge >= 0.3 is 0 Å². The average Bonchev–Trinajstić information content (AvgIpc) is 2.56. The number of aryl methyl sites for hydroxylation is 3. The van der Waals surface area contributed by atoms with Crippen molar-refractivity contribution in [1.82, 2.24) is 0 Å². The third-order valence-electron chi connectivity index (χ3n) is 4.42. The van der Waals surface area contributed by atoms with Gasteiger partial charge in [0.2, 0.25) is 0 Å². The lowest BCUT2D eigenvalue weighted by Gasteiger charge is -2.30. The molecule has 24 heavy (non-hydrogen) atoms. The van der Waals surface area contributed by atoms with E-state index in [2.05, 4.69) is 0 Å². The van der Waals surface area contributed by atoms with Crippen LogP contribution in [0.3, 0.4) is 0 Å². The van der Waals surface area contributed by atoms with E-state index in [0.29, 0.717) is 25.1 Å². The smallest absolute Gasteiger partial charge is 0.266 e. The van der Waals surface area contributed by atoms with Crippen LogP contribution >= 0.6 is 0 Å². The van der Waals surface area contributed by atoms with Crippen molar-refractivity contribution in [3.8, 4) is 0 Å². The normalized spacial score (nSPS) is 14.3. The zero-order valence-corrected chi connectivity index (χ0v) is 14.3. The Labute approximate surface area is 140 Å². The first-order valence-electron chi connectivity index (χ1n) is 7.68. The summed E-state index contributed by atoms with van der Waals surface area (Å²) in [6.45, 7) is 4.11. The molecule has 6 nitrogen and oxygen atoms in total. The average molecular weight is 346 g/mol. The van der Waals surface area contributed by atoms with Gasteiger partial charge in [-0.15, -0.1) is 0 Å². The number of benzene rings is 2. The monoisotopic (exact) mass is 346 g/mol. The van der Waals surface area contributed by atoms with Crippen LogP contribution in [0.4, 0.5) is 11.4 Å². The van der Waals surface area contributed by atoms with Crippen LogP contribution < -0.4 is 4.31 Å². The highest BCUT2D eigenvalue weighted by Gasteiger charge is 2.30. The Morgan fingerprint density at radius 3 is 2.50 bits per heavy atom. The zero-order valence-electron chi connectivity index (χ0n) is 13.5. The summed E-state index contributed by atoms with van der Waals surface area (Å²) in [4.78, 5) is 10.7. The number of nitrogens with zero attached hydrogens (tertiary/aromatic N) is 2. The van der Waals surface area contributed by atoms with Crippen molar-refractivity contribution in [3.63, 3.8) is 0 Å². The quantitative estimate of drug-likeness (QED) is 0.630. The van der Waals surface area contributed by atoms with E-state index >= 15 is 0 Å². The van der Waals surface area contributed by atoms with Crippen LogP contribution in [0.1, 0.15) is 23.1 Å². The topological polar surface area (TPSA) is 80.5 Å². The standard InChI is InChI=1S/C17H18N2O4S/c1-12-5-8-16(10-13(12)2)24(22,23)18-9-3-4-14-6-7-15(19(20)21)11-17(14)18/h5-8,10-11H,3-4,9H2,1-2H3. The summed E-state index contributed by atoms with van der Waals surface area (Å²) in [5.41, 5.74) is 3.04. The predicted molar refractivity (Wildman–Crippen MR) is 91.9 cm³/mol. The number of anilines is 1. The minimum Gasteiger partial charge on any atom is -0.266 e. The van der Waals surface area contributed by atoms with Crippen molar-refractivity contribution >= 4 is 21.4 Å². The molecule has 1 aliphatic rings.